The van der Waals surface area contributed by atoms with Crippen molar-refractivity contribution in [2.45, 2.75) is 12.3 Å². The highest BCUT2D eigenvalue weighted by atomic mass is 16.5. The van der Waals surface area contributed by atoms with Crippen LogP contribution in [0.1, 0.15) is 11.7 Å². The lowest BCUT2D eigenvalue weighted by molar-refractivity contribution is -0.00141. The van der Waals surface area contributed by atoms with Crippen molar-refractivity contribution in [2.24, 2.45) is 0 Å². The number of anilines is 1. The van der Waals surface area contributed by atoms with Crippen LogP contribution in [0.25, 0.3) is 0 Å². The molecule has 1 saturated heterocycles. The van der Waals surface area contributed by atoms with Gasteiger partial charge in [0.25, 0.3) is 0 Å². The summed E-state index contributed by atoms with van der Waals surface area (Å²) in [5.74, 6) is 0. The lowest BCUT2D eigenvalue weighted by atomic mass is 10.1. The van der Waals surface area contributed by atoms with E-state index in [4.69, 9.17) is 4.74 Å². The van der Waals surface area contributed by atoms with E-state index in [1.54, 1.807) is 0 Å². The molecule has 2 aromatic rings. The molecule has 0 amide bonds. The van der Waals surface area contributed by atoms with Gasteiger partial charge in [0.1, 0.15) is 6.10 Å². The van der Waals surface area contributed by atoms with Crippen molar-refractivity contribution in [1.29, 1.82) is 0 Å². The Balaban J connectivity index is 1.84. The van der Waals surface area contributed by atoms with Gasteiger partial charge in [0.15, 0.2) is 6.23 Å². The molecule has 1 aliphatic rings. The van der Waals surface area contributed by atoms with Gasteiger partial charge in [0.05, 0.1) is 6.61 Å². The highest BCUT2D eigenvalue weighted by molar-refractivity contribution is 5.48. The van der Waals surface area contributed by atoms with E-state index < -0.39 is 6.10 Å². The van der Waals surface area contributed by atoms with Gasteiger partial charge in [-0.2, -0.15) is 0 Å². The summed E-state index contributed by atoms with van der Waals surface area (Å²) in [6.45, 7) is 1.45. The van der Waals surface area contributed by atoms with E-state index in [-0.39, 0.29) is 6.23 Å². The maximum absolute atomic E-state index is 10.5. The molecule has 2 aromatic carbocycles. The molecule has 98 valence electrons. The molecule has 0 saturated carbocycles. The summed E-state index contributed by atoms with van der Waals surface area (Å²) in [7, 11) is 0. The molecule has 1 N–H and O–H groups in total. The predicted octanol–water partition coefficient (Wildman–Crippen LogP) is 2.58. The highest BCUT2D eigenvalue weighted by Crippen LogP contribution is 2.29. The zero-order valence-electron chi connectivity index (χ0n) is 10.6. The number of aliphatic hydroxyl groups is 1. The smallest absolute Gasteiger partial charge is 0.160 e. The average Bonchev–Trinajstić information content (AvgIpc) is 2.98. The van der Waals surface area contributed by atoms with Crippen molar-refractivity contribution < 1.29 is 9.84 Å². The number of hydrogen-bond acceptors (Lipinski definition) is 3. The minimum atomic E-state index is -0.635. The van der Waals surface area contributed by atoms with Crippen LogP contribution >= 0.6 is 0 Å². The predicted molar refractivity (Wildman–Crippen MR) is 74.9 cm³/mol. The molecule has 0 aliphatic carbocycles. The molecular formula is C16H17NO2. The average molecular weight is 255 g/mol. The molecule has 0 spiro atoms. The van der Waals surface area contributed by atoms with Crippen molar-refractivity contribution in [3.05, 3.63) is 66.2 Å². The Kier molecular flexibility index (Phi) is 3.49. The molecule has 3 heteroatoms. The summed E-state index contributed by atoms with van der Waals surface area (Å²) in [4.78, 5) is 2.11. The van der Waals surface area contributed by atoms with E-state index in [0.29, 0.717) is 6.61 Å². The molecule has 1 fully saturated rings. The number of rotatable bonds is 3. The van der Waals surface area contributed by atoms with Crippen LogP contribution in [0, 0.1) is 0 Å². The number of hydrogen-bond donors (Lipinski definition) is 1. The largest absolute Gasteiger partial charge is 0.384 e. The van der Waals surface area contributed by atoms with Gasteiger partial charge in [0.2, 0.25) is 0 Å². The number of benzene rings is 2. The molecule has 2 unspecified atom stereocenters. The summed E-state index contributed by atoms with van der Waals surface area (Å²) in [6.07, 6.45) is -0.950. The fraction of sp³-hybridized carbons (Fsp3) is 0.250. The van der Waals surface area contributed by atoms with Crippen LogP contribution in [0.2, 0.25) is 0 Å². The minimum absolute atomic E-state index is 0.315. The normalized spacial score (nSPS) is 20.5. The molecule has 0 bridgehead atoms. The van der Waals surface area contributed by atoms with Crippen molar-refractivity contribution in [3.8, 4) is 0 Å². The van der Waals surface area contributed by atoms with E-state index in [1.807, 2.05) is 60.7 Å². The van der Waals surface area contributed by atoms with Gasteiger partial charge in [0, 0.05) is 12.2 Å². The van der Waals surface area contributed by atoms with Crippen LogP contribution in [0.3, 0.4) is 0 Å². The second kappa shape index (κ2) is 5.43. The Bertz CT molecular complexity index is 515. The first-order valence-electron chi connectivity index (χ1n) is 6.52. The first-order valence-corrected chi connectivity index (χ1v) is 6.52. The van der Waals surface area contributed by atoms with Crippen LogP contribution < -0.4 is 4.90 Å². The van der Waals surface area contributed by atoms with Gasteiger partial charge in [-0.1, -0.05) is 48.5 Å². The van der Waals surface area contributed by atoms with E-state index in [1.165, 1.54) is 0 Å². The number of aliphatic hydroxyl groups excluding tert-OH is 1. The van der Waals surface area contributed by atoms with E-state index >= 15 is 0 Å². The summed E-state index contributed by atoms with van der Waals surface area (Å²) in [6, 6.07) is 19.7. The zero-order valence-corrected chi connectivity index (χ0v) is 10.6. The summed E-state index contributed by atoms with van der Waals surface area (Å²) < 4.78 is 5.71. The first-order chi connectivity index (χ1) is 9.36. The van der Waals surface area contributed by atoms with Crippen molar-refractivity contribution >= 4 is 5.69 Å². The van der Waals surface area contributed by atoms with Gasteiger partial charge in [-0.15, -0.1) is 0 Å². The topological polar surface area (TPSA) is 32.7 Å². The zero-order chi connectivity index (χ0) is 13.1. The lowest BCUT2D eigenvalue weighted by Gasteiger charge is -2.29. The number of nitrogens with zero attached hydrogens (tertiary/aromatic N) is 1. The quantitative estimate of drug-likeness (QED) is 0.915. The van der Waals surface area contributed by atoms with Crippen LogP contribution in [-0.4, -0.2) is 24.5 Å². The van der Waals surface area contributed by atoms with Crippen molar-refractivity contribution in [2.75, 3.05) is 18.1 Å². The van der Waals surface area contributed by atoms with Crippen molar-refractivity contribution in [3.63, 3.8) is 0 Å². The van der Waals surface area contributed by atoms with Gasteiger partial charge < -0.3 is 14.7 Å². The second-order valence-corrected chi connectivity index (χ2v) is 4.65. The fourth-order valence-electron chi connectivity index (χ4n) is 2.46. The van der Waals surface area contributed by atoms with E-state index in [0.717, 1.165) is 17.8 Å². The van der Waals surface area contributed by atoms with Gasteiger partial charge in [-0.3, -0.25) is 0 Å². The summed E-state index contributed by atoms with van der Waals surface area (Å²) in [5.41, 5.74) is 1.97. The molecule has 3 nitrogen and oxygen atoms in total. The molecule has 1 aliphatic heterocycles. The Morgan fingerprint density at radius 3 is 2.32 bits per heavy atom. The highest BCUT2D eigenvalue weighted by Gasteiger charge is 2.32. The maximum Gasteiger partial charge on any atom is 0.160 e. The lowest BCUT2D eigenvalue weighted by Crippen LogP contribution is -2.35. The van der Waals surface area contributed by atoms with E-state index in [2.05, 4.69) is 4.90 Å². The Morgan fingerprint density at radius 2 is 1.63 bits per heavy atom. The Morgan fingerprint density at radius 1 is 1.00 bits per heavy atom. The van der Waals surface area contributed by atoms with Crippen LogP contribution in [-0.2, 0) is 4.74 Å². The van der Waals surface area contributed by atoms with Crippen LogP contribution in [0.5, 0.6) is 0 Å². The molecular weight excluding hydrogens is 238 g/mol. The Hall–Kier alpha value is -1.84. The molecule has 19 heavy (non-hydrogen) atoms. The van der Waals surface area contributed by atoms with E-state index in [9.17, 15) is 5.11 Å². The third-order valence-electron chi connectivity index (χ3n) is 3.43. The SMILES string of the molecule is OC(c1ccccc1)C1OCCN1c1ccccc1. The van der Waals surface area contributed by atoms with Crippen LogP contribution in [0.15, 0.2) is 60.7 Å². The Labute approximate surface area is 113 Å². The molecule has 2 atom stereocenters. The number of ether oxygens (including phenoxy) is 1. The fourth-order valence-corrected chi connectivity index (χ4v) is 2.46. The first kappa shape index (κ1) is 12.2. The van der Waals surface area contributed by atoms with Crippen molar-refractivity contribution in [1.82, 2.24) is 0 Å². The molecule has 0 aromatic heterocycles. The minimum Gasteiger partial charge on any atom is -0.384 e. The third kappa shape index (κ3) is 2.48. The molecule has 1 heterocycles. The molecule has 3 rings (SSSR count). The summed E-state index contributed by atoms with van der Waals surface area (Å²) in [5, 5.41) is 10.5. The molecule has 0 radical (unpaired) electrons. The monoisotopic (exact) mass is 255 g/mol. The third-order valence-corrected chi connectivity index (χ3v) is 3.43. The van der Waals surface area contributed by atoms with Gasteiger partial charge in [-0.05, 0) is 17.7 Å². The second-order valence-electron chi connectivity index (χ2n) is 4.65. The number of para-hydroxylation sites is 1. The van der Waals surface area contributed by atoms with Gasteiger partial charge >= 0.3 is 0 Å². The summed E-state index contributed by atoms with van der Waals surface area (Å²) >= 11 is 0. The van der Waals surface area contributed by atoms with Crippen LogP contribution in [0.4, 0.5) is 5.69 Å². The standard InChI is InChI=1S/C16H17NO2/c18-15(13-7-3-1-4-8-13)16-17(11-12-19-16)14-9-5-2-6-10-14/h1-10,15-16,18H,11-12H2. The van der Waals surface area contributed by atoms with Gasteiger partial charge in [-0.25, -0.2) is 0 Å². The maximum atomic E-state index is 10.5.